The lowest BCUT2D eigenvalue weighted by Crippen LogP contribution is -2.40. The molecule has 1 aliphatic heterocycles. The van der Waals surface area contributed by atoms with Crippen molar-refractivity contribution in [1.29, 1.82) is 0 Å². The zero-order chi connectivity index (χ0) is 10.1. The summed E-state index contributed by atoms with van der Waals surface area (Å²) in [6, 6.07) is 0. The Morgan fingerprint density at radius 3 is 2.86 bits per heavy atom. The van der Waals surface area contributed by atoms with Gasteiger partial charge in [0.1, 0.15) is 5.01 Å². The second-order valence-corrected chi connectivity index (χ2v) is 5.55. The van der Waals surface area contributed by atoms with E-state index in [0.29, 0.717) is 5.92 Å². The highest BCUT2D eigenvalue weighted by Gasteiger charge is 2.25. The van der Waals surface area contributed by atoms with Gasteiger partial charge in [-0.2, -0.15) is 0 Å². The van der Waals surface area contributed by atoms with Crippen molar-refractivity contribution < 1.29 is 0 Å². The van der Waals surface area contributed by atoms with Gasteiger partial charge < -0.3 is 4.90 Å². The van der Waals surface area contributed by atoms with E-state index in [1.54, 1.807) is 11.3 Å². The molecule has 2 rings (SSSR count). The monoisotopic (exact) mass is 231 g/mol. The summed E-state index contributed by atoms with van der Waals surface area (Å²) in [5.41, 5.74) is 0. The standard InChI is InChI=1S/C9H14ClN3S/c1-6-3-4-13(5-8(6)10)9-12-11-7(2)14-9/h6,8H,3-5H2,1-2H3. The molecule has 0 amide bonds. The van der Waals surface area contributed by atoms with Gasteiger partial charge >= 0.3 is 0 Å². The van der Waals surface area contributed by atoms with Crippen LogP contribution in [0.5, 0.6) is 0 Å². The van der Waals surface area contributed by atoms with Crippen LogP contribution in [0.1, 0.15) is 18.4 Å². The Morgan fingerprint density at radius 1 is 1.50 bits per heavy atom. The predicted molar refractivity (Wildman–Crippen MR) is 60.3 cm³/mol. The molecule has 14 heavy (non-hydrogen) atoms. The van der Waals surface area contributed by atoms with Crippen LogP contribution < -0.4 is 4.90 Å². The number of anilines is 1. The molecule has 0 saturated carbocycles. The molecule has 1 aliphatic rings. The van der Waals surface area contributed by atoms with Gasteiger partial charge in [0.05, 0.1) is 5.38 Å². The highest BCUT2D eigenvalue weighted by atomic mass is 35.5. The molecular weight excluding hydrogens is 218 g/mol. The number of halogens is 1. The first-order valence-electron chi connectivity index (χ1n) is 4.86. The van der Waals surface area contributed by atoms with Crippen LogP contribution in [0.15, 0.2) is 0 Å². The largest absolute Gasteiger partial charge is 0.345 e. The van der Waals surface area contributed by atoms with E-state index in [2.05, 4.69) is 22.0 Å². The van der Waals surface area contributed by atoms with E-state index in [-0.39, 0.29) is 5.38 Å². The number of piperidine rings is 1. The normalized spacial score (nSPS) is 28.1. The number of aromatic nitrogens is 2. The first-order chi connectivity index (χ1) is 6.66. The van der Waals surface area contributed by atoms with Crippen LogP contribution in [-0.4, -0.2) is 28.7 Å². The molecule has 1 fully saturated rings. The Bertz CT molecular complexity index is 315. The van der Waals surface area contributed by atoms with Crippen LogP contribution >= 0.6 is 22.9 Å². The quantitative estimate of drug-likeness (QED) is 0.695. The maximum atomic E-state index is 6.23. The summed E-state index contributed by atoms with van der Waals surface area (Å²) in [7, 11) is 0. The van der Waals surface area contributed by atoms with Gasteiger partial charge in [-0.15, -0.1) is 21.8 Å². The number of hydrogen-bond acceptors (Lipinski definition) is 4. The molecule has 0 radical (unpaired) electrons. The fraction of sp³-hybridized carbons (Fsp3) is 0.778. The van der Waals surface area contributed by atoms with Crippen molar-refractivity contribution in [2.24, 2.45) is 5.92 Å². The number of aryl methyl sites for hydroxylation is 1. The minimum absolute atomic E-state index is 0.243. The van der Waals surface area contributed by atoms with E-state index in [9.17, 15) is 0 Å². The molecule has 0 aromatic carbocycles. The van der Waals surface area contributed by atoms with E-state index >= 15 is 0 Å². The highest BCUT2D eigenvalue weighted by molar-refractivity contribution is 7.15. The minimum atomic E-state index is 0.243. The lowest BCUT2D eigenvalue weighted by atomic mass is 9.99. The molecule has 1 saturated heterocycles. The van der Waals surface area contributed by atoms with Crippen molar-refractivity contribution in [3.8, 4) is 0 Å². The third kappa shape index (κ3) is 2.01. The molecule has 0 aliphatic carbocycles. The molecule has 2 heterocycles. The van der Waals surface area contributed by atoms with Gasteiger partial charge in [-0.1, -0.05) is 18.3 Å². The van der Waals surface area contributed by atoms with Crippen molar-refractivity contribution in [1.82, 2.24) is 10.2 Å². The summed E-state index contributed by atoms with van der Waals surface area (Å²) >= 11 is 7.88. The van der Waals surface area contributed by atoms with Gasteiger partial charge in [-0.05, 0) is 19.3 Å². The fourth-order valence-corrected chi connectivity index (χ4v) is 2.62. The molecule has 1 aromatic rings. The zero-order valence-electron chi connectivity index (χ0n) is 8.40. The number of nitrogens with zero attached hydrogens (tertiary/aromatic N) is 3. The molecular formula is C9H14ClN3S. The second kappa shape index (κ2) is 4.03. The molecule has 78 valence electrons. The summed E-state index contributed by atoms with van der Waals surface area (Å²) in [5.74, 6) is 0.613. The van der Waals surface area contributed by atoms with Crippen molar-refractivity contribution in [2.75, 3.05) is 18.0 Å². The lowest BCUT2D eigenvalue weighted by Gasteiger charge is -2.33. The third-order valence-electron chi connectivity index (χ3n) is 2.65. The van der Waals surface area contributed by atoms with Crippen molar-refractivity contribution in [2.45, 2.75) is 25.6 Å². The molecule has 2 atom stereocenters. The van der Waals surface area contributed by atoms with Gasteiger partial charge in [0, 0.05) is 13.1 Å². The Labute approximate surface area is 93.1 Å². The van der Waals surface area contributed by atoms with Gasteiger partial charge in [-0.25, -0.2) is 0 Å². The molecule has 5 heteroatoms. The van der Waals surface area contributed by atoms with E-state index in [1.807, 2.05) is 6.92 Å². The van der Waals surface area contributed by atoms with Crippen molar-refractivity contribution in [3.05, 3.63) is 5.01 Å². The Morgan fingerprint density at radius 2 is 2.29 bits per heavy atom. The van der Waals surface area contributed by atoms with Gasteiger partial charge in [-0.3, -0.25) is 0 Å². The SMILES string of the molecule is Cc1nnc(N2CCC(C)C(Cl)C2)s1. The van der Waals surface area contributed by atoms with Gasteiger partial charge in [0.2, 0.25) is 5.13 Å². The molecule has 0 bridgehead atoms. The summed E-state index contributed by atoms with van der Waals surface area (Å²) in [4.78, 5) is 2.24. The van der Waals surface area contributed by atoms with Crippen LogP contribution in [0.4, 0.5) is 5.13 Å². The lowest BCUT2D eigenvalue weighted by molar-refractivity contribution is 0.445. The summed E-state index contributed by atoms with van der Waals surface area (Å²) < 4.78 is 0. The Hall–Kier alpha value is -0.350. The fourth-order valence-electron chi connectivity index (χ4n) is 1.61. The van der Waals surface area contributed by atoms with E-state index < -0.39 is 0 Å². The molecule has 0 N–H and O–H groups in total. The predicted octanol–water partition coefficient (Wildman–Crippen LogP) is 2.30. The number of alkyl halides is 1. The maximum absolute atomic E-state index is 6.23. The molecule has 2 unspecified atom stereocenters. The van der Waals surface area contributed by atoms with E-state index in [0.717, 1.165) is 29.6 Å². The zero-order valence-corrected chi connectivity index (χ0v) is 9.98. The van der Waals surface area contributed by atoms with Crippen LogP contribution in [-0.2, 0) is 0 Å². The van der Waals surface area contributed by atoms with Crippen LogP contribution in [0, 0.1) is 12.8 Å². The average molecular weight is 232 g/mol. The molecule has 0 spiro atoms. The summed E-state index contributed by atoms with van der Waals surface area (Å²) in [6.45, 7) is 6.14. The van der Waals surface area contributed by atoms with Crippen LogP contribution in [0.3, 0.4) is 0 Å². The average Bonchev–Trinajstić information content (AvgIpc) is 2.57. The van der Waals surface area contributed by atoms with Gasteiger partial charge in [0.15, 0.2) is 0 Å². The van der Waals surface area contributed by atoms with Crippen molar-refractivity contribution in [3.63, 3.8) is 0 Å². The molecule has 1 aromatic heterocycles. The first-order valence-corrected chi connectivity index (χ1v) is 6.11. The summed E-state index contributed by atoms with van der Waals surface area (Å²) in [5, 5.41) is 10.4. The maximum Gasteiger partial charge on any atom is 0.208 e. The minimum Gasteiger partial charge on any atom is -0.345 e. The van der Waals surface area contributed by atoms with E-state index in [1.165, 1.54) is 0 Å². The van der Waals surface area contributed by atoms with E-state index in [4.69, 9.17) is 11.6 Å². The topological polar surface area (TPSA) is 29.0 Å². The summed E-state index contributed by atoms with van der Waals surface area (Å²) in [6.07, 6.45) is 1.15. The Kier molecular flexibility index (Phi) is 2.93. The highest BCUT2D eigenvalue weighted by Crippen LogP contribution is 2.27. The van der Waals surface area contributed by atoms with Crippen molar-refractivity contribution >= 4 is 28.1 Å². The molecule has 3 nitrogen and oxygen atoms in total. The first kappa shape index (κ1) is 10.2. The third-order valence-corrected chi connectivity index (χ3v) is 4.12. The van der Waals surface area contributed by atoms with Crippen LogP contribution in [0.25, 0.3) is 0 Å². The number of rotatable bonds is 1. The number of hydrogen-bond donors (Lipinski definition) is 0. The second-order valence-electron chi connectivity index (χ2n) is 3.83. The van der Waals surface area contributed by atoms with Crippen LogP contribution in [0.2, 0.25) is 0 Å². The smallest absolute Gasteiger partial charge is 0.208 e. The van der Waals surface area contributed by atoms with Gasteiger partial charge in [0.25, 0.3) is 0 Å². The Balaban J connectivity index is 2.06.